The van der Waals surface area contributed by atoms with Gasteiger partial charge in [0, 0.05) is 18.7 Å². The molecule has 0 saturated carbocycles. The number of carbonyl (C=O) groups is 1. The van der Waals surface area contributed by atoms with Crippen LogP contribution >= 0.6 is 0 Å². The molecular formula is C13H16FNO3. The zero-order chi connectivity index (χ0) is 13.1. The molecule has 1 unspecified atom stereocenters. The first-order valence-corrected chi connectivity index (χ1v) is 5.89. The standard InChI is InChI=1S/C13H16FNO3/c1-9-6-10(14)2-3-12(9)13(17)15-4-5-18-11(7-15)8-16/h2-3,6,11,16H,4-5,7-8H2,1H3. The fraction of sp³-hybridized carbons (Fsp3) is 0.462. The van der Waals surface area contributed by atoms with E-state index >= 15 is 0 Å². The molecular weight excluding hydrogens is 237 g/mol. The molecule has 0 bridgehead atoms. The number of aryl methyl sites for hydroxylation is 1. The molecule has 1 heterocycles. The van der Waals surface area contributed by atoms with E-state index < -0.39 is 0 Å². The summed E-state index contributed by atoms with van der Waals surface area (Å²) in [4.78, 5) is 13.9. The van der Waals surface area contributed by atoms with Crippen molar-refractivity contribution in [1.29, 1.82) is 0 Å². The Labute approximate surface area is 105 Å². The van der Waals surface area contributed by atoms with Crippen LogP contribution in [-0.2, 0) is 4.74 Å². The number of rotatable bonds is 2. The van der Waals surface area contributed by atoms with Crippen LogP contribution in [0.3, 0.4) is 0 Å². The van der Waals surface area contributed by atoms with Crippen LogP contribution in [0, 0.1) is 12.7 Å². The third kappa shape index (κ3) is 2.68. The Kier molecular flexibility index (Phi) is 3.93. The van der Waals surface area contributed by atoms with Gasteiger partial charge in [0.25, 0.3) is 5.91 Å². The zero-order valence-corrected chi connectivity index (χ0v) is 10.2. The summed E-state index contributed by atoms with van der Waals surface area (Å²) in [6.07, 6.45) is -0.330. The van der Waals surface area contributed by atoms with Crippen molar-refractivity contribution in [2.75, 3.05) is 26.3 Å². The average molecular weight is 253 g/mol. The molecule has 18 heavy (non-hydrogen) atoms. The van der Waals surface area contributed by atoms with Gasteiger partial charge in [0.1, 0.15) is 5.82 Å². The Balaban J connectivity index is 2.15. The van der Waals surface area contributed by atoms with E-state index in [1.54, 1.807) is 11.8 Å². The van der Waals surface area contributed by atoms with Gasteiger partial charge in [-0.3, -0.25) is 4.79 Å². The average Bonchev–Trinajstić information content (AvgIpc) is 2.38. The van der Waals surface area contributed by atoms with Crippen molar-refractivity contribution in [3.8, 4) is 0 Å². The monoisotopic (exact) mass is 253 g/mol. The minimum atomic E-state index is -0.348. The number of aliphatic hydroxyl groups is 1. The second kappa shape index (κ2) is 5.46. The first kappa shape index (κ1) is 13.0. The lowest BCUT2D eigenvalue weighted by atomic mass is 10.1. The van der Waals surface area contributed by atoms with Gasteiger partial charge in [-0.15, -0.1) is 0 Å². The van der Waals surface area contributed by atoms with Crippen LogP contribution in [0.1, 0.15) is 15.9 Å². The molecule has 1 N–H and O–H groups in total. The highest BCUT2D eigenvalue weighted by Crippen LogP contribution is 2.15. The van der Waals surface area contributed by atoms with E-state index in [1.165, 1.54) is 18.2 Å². The van der Waals surface area contributed by atoms with Gasteiger partial charge in [0.05, 0.1) is 19.3 Å². The molecule has 4 nitrogen and oxygen atoms in total. The smallest absolute Gasteiger partial charge is 0.254 e. The van der Waals surface area contributed by atoms with Gasteiger partial charge in [0.2, 0.25) is 0 Å². The van der Waals surface area contributed by atoms with Crippen molar-refractivity contribution < 1.29 is 19.0 Å². The topological polar surface area (TPSA) is 49.8 Å². The molecule has 5 heteroatoms. The molecule has 1 aromatic carbocycles. The third-order valence-electron chi connectivity index (χ3n) is 3.05. The summed E-state index contributed by atoms with van der Waals surface area (Å²) < 4.78 is 18.3. The molecule has 98 valence electrons. The minimum absolute atomic E-state index is 0.105. The second-order valence-corrected chi connectivity index (χ2v) is 4.39. The van der Waals surface area contributed by atoms with Gasteiger partial charge in [0.15, 0.2) is 0 Å². The number of aliphatic hydroxyl groups excluding tert-OH is 1. The molecule has 0 radical (unpaired) electrons. The summed E-state index contributed by atoms with van der Waals surface area (Å²) in [6.45, 7) is 2.88. The third-order valence-corrected chi connectivity index (χ3v) is 3.05. The van der Waals surface area contributed by atoms with Crippen LogP contribution in [-0.4, -0.2) is 48.3 Å². The number of carbonyl (C=O) groups excluding carboxylic acids is 1. The molecule has 1 aliphatic heterocycles. The minimum Gasteiger partial charge on any atom is -0.394 e. The summed E-state index contributed by atoms with van der Waals surface area (Å²) in [6, 6.07) is 4.12. The molecule has 1 atom stereocenters. The SMILES string of the molecule is Cc1cc(F)ccc1C(=O)N1CCOC(CO)C1. The van der Waals surface area contributed by atoms with Crippen molar-refractivity contribution >= 4 is 5.91 Å². The van der Waals surface area contributed by atoms with Crippen molar-refractivity contribution in [2.24, 2.45) is 0 Å². The molecule has 1 saturated heterocycles. The lowest BCUT2D eigenvalue weighted by Crippen LogP contribution is -2.47. The van der Waals surface area contributed by atoms with E-state index in [1.807, 2.05) is 0 Å². The Morgan fingerprint density at radius 3 is 3.06 bits per heavy atom. The molecule has 0 aliphatic carbocycles. The molecule has 0 spiro atoms. The number of benzene rings is 1. The number of morpholine rings is 1. The molecule has 2 rings (SSSR count). The van der Waals surface area contributed by atoms with Crippen LogP contribution in [0.5, 0.6) is 0 Å². The van der Waals surface area contributed by atoms with Gasteiger partial charge in [-0.2, -0.15) is 0 Å². The maximum atomic E-state index is 13.0. The highest BCUT2D eigenvalue weighted by Gasteiger charge is 2.25. The van der Waals surface area contributed by atoms with Gasteiger partial charge >= 0.3 is 0 Å². The van der Waals surface area contributed by atoms with Gasteiger partial charge in [-0.05, 0) is 30.7 Å². The Morgan fingerprint density at radius 1 is 1.61 bits per heavy atom. The summed E-state index contributed by atoms with van der Waals surface area (Å²) >= 11 is 0. The quantitative estimate of drug-likeness (QED) is 0.854. The molecule has 1 aromatic rings. The van der Waals surface area contributed by atoms with Crippen LogP contribution in [0.25, 0.3) is 0 Å². The van der Waals surface area contributed by atoms with E-state index in [4.69, 9.17) is 9.84 Å². The lowest BCUT2D eigenvalue weighted by molar-refractivity contribution is -0.0447. The number of ether oxygens (including phenoxy) is 1. The van der Waals surface area contributed by atoms with E-state index in [9.17, 15) is 9.18 Å². The van der Waals surface area contributed by atoms with E-state index in [-0.39, 0.29) is 24.4 Å². The predicted octanol–water partition coefficient (Wildman–Crippen LogP) is 0.967. The maximum Gasteiger partial charge on any atom is 0.254 e. The summed E-state index contributed by atoms with van der Waals surface area (Å²) in [5, 5.41) is 9.04. The van der Waals surface area contributed by atoms with Gasteiger partial charge in [-0.1, -0.05) is 0 Å². The number of hydrogen-bond acceptors (Lipinski definition) is 3. The van der Waals surface area contributed by atoms with E-state index in [2.05, 4.69) is 0 Å². The highest BCUT2D eigenvalue weighted by molar-refractivity contribution is 5.95. The normalized spacial score (nSPS) is 19.9. The van der Waals surface area contributed by atoms with Crippen molar-refractivity contribution in [3.63, 3.8) is 0 Å². The van der Waals surface area contributed by atoms with Crippen LogP contribution in [0.2, 0.25) is 0 Å². The Bertz CT molecular complexity index is 450. The van der Waals surface area contributed by atoms with Crippen LogP contribution in [0.15, 0.2) is 18.2 Å². The van der Waals surface area contributed by atoms with E-state index in [0.29, 0.717) is 30.8 Å². The number of hydrogen-bond donors (Lipinski definition) is 1. The zero-order valence-electron chi connectivity index (χ0n) is 10.2. The number of amides is 1. The first-order valence-electron chi connectivity index (χ1n) is 5.89. The lowest BCUT2D eigenvalue weighted by Gasteiger charge is -2.32. The van der Waals surface area contributed by atoms with Gasteiger partial charge in [-0.25, -0.2) is 4.39 Å². The second-order valence-electron chi connectivity index (χ2n) is 4.39. The van der Waals surface area contributed by atoms with Gasteiger partial charge < -0.3 is 14.7 Å². The fourth-order valence-corrected chi connectivity index (χ4v) is 2.05. The number of nitrogens with zero attached hydrogens (tertiary/aromatic N) is 1. The molecule has 0 aromatic heterocycles. The maximum absolute atomic E-state index is 13.0. The van der Waals surface area contributed by atoms with Crippen LogP contribution < -0.4 is 0 Å². The largest absolute Gasteiger partial charge is 0.394 e. The molecule has 1 fully saturated rings. The Hall–Kier alpha value is -1.46. The summed E-state index contributed by atoms with van der Waals surface area (Å²) in [5.41, 5.74) is 1.11. The summed E-state index contributed by atoms with van der Waals surface area (Å²) in [7, 11) is 0. The number of halogens is 1. The molecule has 1 amide bonds. The van der Waals surface area contributed by atoms with Crippen LogP contribution in [0.4, 0.5) is 4.39 Å². The van der Waals surface area contributed by atoms with Crippen molar-refractivity contribution in [2.45, 2.75) is 13.0 Å². The van der Waals surface area contributed by atoms with Crippen molar-refractivity contribution in [1.82, 2.24) is 4.90 Å². The Morgan fingerprint density at radius 2 is 2.39 bits per heavy atom. The molecule has 1 aliphatic rings. The first-order chi connectivity index (χ1) is 8.61. The van der Waals surface area contributed by atoms with E-state index in [0.717, 1.165) is 0 Å². The fourth-order valence-electron chi connectivity index (χ4n) is 2.05. The van der Waals surface area contributed by atoms with Crippen molar-refractivity contribution in [3.05, 3.63) is 35.1 Å². The summed E-state index contributed by atoms with van der Waals surface area (Å²) in [5.74, 6) is -0.492. The highest BCUT2D eigenvalue weighted by atomic mass is 19.1. The predicted molar refractivity (Wildman–Crippen MR) is 63.9 cm³/mol.